The van der Waals surface area contributed by atoms with Crippen molar-refractivity contribution in [3.8, 4) is 0 Å². The first-order chi connectivity index (χ1) is 5.15. The number of hydrogen-bond acceptors (Lipinski definition) is 2. The largest absolute Gasteiger partial charge is 0.401 e. The summed E-state index contributed by atoms with van der Waals surface area (Å²) in [7, 11) is 0. The van der Waals surface area contributed by atoms with Crippen LogP contribution in [0.2, 0.25) is 0 Å². The summed E-state index contributed by atoms with van der Waals surface area (Å²) >= 11 is 1.47. The van der Waals surface area contributed by atoms with Gasteiger partial charge in [-0.3, -0.25) is 10.1 Å². The van der Waals surface area contributed by atoms with Gasteiger partial charge in [0.2, 0.25) is 3.79 Å². The number of alkyl halides is 3. The van der Waals surface area contributed by atoms with Crippen LogP contribution in [0.15, 0.2) is 0 Å². The predicted octanol–water partition coefficient (Wildman–Crippen LogP) is 1.88. The van der Waals surface area contributed by atoms with Crippen LogP contribution in [0.4, 0.5) is 13.2 Å². The second kappa shape index (κ2) is 3.91. The summed E-state index contributed by atoms with van der Waals surface area (Å²) in [5.74, 6) is 0. The lowest BCUT2D eigenvalue weighted by molar-refractivity contribution is -0.131. The summed E-state index contributed by atoms with van der Waals surface area (Å²) in [6.07, 6.45) is -4.27. The van der Waals surface area contributed by atoms with Gasteiger partial charge in [0, 0.05) is 22.6 Å². The van der Waals surface area contributed by atoms with Crippen molar-refractivity contribution in [3.63, 3.8) is 0 Å². The van der Waals surface area contributed by atoms with Crippen molar-refractivity contribution in [2.24, 2.45) is 0 Å². The van der Waals surface area contributed by atoms with Gasteiger partial charge >= 0.3 is 6.18 Å². The van der Waals surface area contributed by atoms with Gasteiger partial charge in [-0.2, -0.15) is 13.2 Å². The molecule has 0 aliphatic carbocycles. The van der Waals surface area contributed by atoms with E-state index in [0.29, 0.717) is 0 Å². The van der Waals surface area contributed by atoms with E-state index in [1.54, 1.807) is 0 Å². The number of nitrogens with one attached hydrogen (secondary N) is 1. The molecule has 0 aromatic carbocycles. The fourth-order valence-electron chi connectivity index (χ4n) is 0.391. The first kappa shape index (κ1) is 12.2. The van der Waals surface area contributed by atoms with Crippen molar-refractivity contribution in [1.82, 2.24) is 5.32 Å². The molecule has 0 amide bonds. The molecule has 0 fully saturated rings. The monoisotopic (exact) mass is 295 g/mol. The second-order valence-corrected chi connectivity index (χ2v) is 3.85. The fraction of sp³-hybridized carbons (Fsp3) is 0.833. The highest BCUT2D eigenvalue weighted by molar-refractivity contribution is 14.1. The van der Waals surface area contributed by atoms with Gasteiger partial charge in [-0.05, 0) is 13.8 Å². The molecule has 0 radical (unpaired) electrons. The van der Waals surface area contributed by atoms with Crippen molar-refractivity contribution in [3.05, 3.63) is 0 Å². The third kappa shape index (κ3) is 4.91. The summed E-state index contributed by atoms with van der Waals surface area (Å²) < 4.78 is 34.7. The molecule has 0 unspecified atom stereocenters. The summed E-state index contributed by atoms with van der Waals surface area (Å²) in [5, 5.41) is 2.12. The molecule has 1 N–H and O–H groups in total. The van der Waals surface area contributed by atoms with Gasteiger partial charge in [0.25, 0.3) is 0 Å². The molecule has 0 aromatic rings. The third-order valence-corrected chi connectivity index (χ3v) is 2.57. The number of rotatable bonds is 3. The van der Waals surface area contributed by atoms with Crippen LogP contribution in [0.5, 0.6) is 0 Å². The first-order valence-corrected chi connectivity index (χ1v) is 4.25. The third-order valence-electron chi connectivity index (χ3n) is 1.22. The van der Waals surface area contributed by atoms with Crippen LogP contribution in [0.25, 0.3) is 0 Å². The smallest absolute Gasteiger partial charge is 0.296 e. The molecule has 0 atom stereocenters. The molecular formula is C6H9F3INO. The number of carbonyl (C=O) groups excluding carboxylic acids is 1. The minimum atomic E-state index is -4.27. The SMILES string of the molecule is CC(C)(NCC(F)(F)F)C(=O)I. The highest BCUT2D eigenvalue weighted by atomic mass is 127. The molecule has 0 aliphatic heterocycles. The highest BCUT2D eigenvalue weighted by Gasteiger charge is 2.33. The Morgan fingerprint density at radius 1 is 1.42 bits per heavy atom. The molecule has 12 heavy (non-hydrogen) atoms. The molecule has 0 aromatic heterocycles. The van der Waals surface area contributed by atoms with Crippen LogP contribution in [0.1, 0.15) is 13.8 Å². The Hall–Kier alpha value is 0.150. The van der Waals surface area contributed by atoms with Gasteiger partial charge in [-0.1, -0.05) is 0 Å². The fourth-order valence-corrected chi connectivity index (χ4v) is 0.581. The van der Waals surface area contributed by atoms with Gasteiger partial charge in [0.15, 0.2) is 0 Å². The quantitative estimate of drug-likeness (QED) is 0.636. The Balaban J connectivity index is 4.01. The first-order valence-electron chi connectivity index (χ1n) is 3.17. The maximum Gasteiger partial charge on any atom is 0.401 e. The van der Waals surface area contributed by atoms with Crippen molar-refractivity contribution in [1.29, 1.82) is 0 Å². The number of carbonyl (C=O) groups is 1. The van der Waals surface area contributed by atoms with Crippen molar-refractivity contribution in [2.75, 3.05) is 6.54 Å². The Labute approximate surface area is 82.0 Å². The van der Waals surface area contributed by atoms with E-state index in [4.69, 9.17) is 0 Å². The molecule has 0 aliphatic rings. The van der Waals surface area contributed by atoms with Gasteiger partial charge < -0.3 is 0 Å². The summed E-state index contributed by atoms with van der Waals surface area (Å²) in [6, 6.07) is 0. The maximum atomic E-state index is 11.7. The zero-order valence-corrected chi connectivity index (χ0v) is 8.78. The second-order valence-electron chi connectivity index (χ2n) is 2.87. The van der Waals surface area contributed by atoms with Crippen LogP contribution in [-0.2, 0) is 4.79 Å². The molecule has 0 spiro atoms. The molecule has 0 saturated carbocycles. The minimum Gasteiger partial charge on any atom is -0.296 e. The van der Waals surface area contributed by atoms with Gasteiger partial charge in [0.1, 0.15) is 0 Å². The predicted molar refractivity (Wildman–Crippen MR) is 47.2 cm³/mol. The van der Waals surface area contributed by atoms with Crippen molar-refractivity contribution in [2.45, 2.75) is 25.6 Å². The number of halogens is 4. The zero-order chi connectivity index (χ0) is 9.99. The van der Waals surface area contributed by atoms with Crippen molar-refractivity contribution >= 4 is 26.4 Å². The summed E-state index contributed by atoms with van der Waals surface area (Å²) in [4.78, 5) is 10.7. The van der Waals surface area contributed by atoms with Crippen molar-refractivity contribution < 1.29 is 18.0 Å². The van der Waals surface area contributed by atoms with E-state index >= 15 is 0 Å². The molecule has 0 heterocycles. The lowest BCUT2D eigenvalue weighted by Gasteiger charge is -2.22. The van der Waals surface area contributed by atoms with E-state index in [-0.39, 0.29) is 3.79 Å². The van der Waals surface area contributed by atoms with Crippen LogP contribution < -0.4 is 5.32 Å². The van der Waals surface area contributed by atoms with E-state index in [0.717, 1.165) is 0 Å². The average Bonchev–Trinajstić information content (AvgIpc) is 1.82. The molecule has 0 saturated heterocycles. The van der Waals surface area contributed by atoms with Crippen LogP contribution in [0, 0.1) is 0 Å². The van der Waals surface area contributed by atoms with Crippen LogP contribution in [-0.4, -0.2) is 22.0 Å². The molecule has 2 nitrogen and oxygen atoms in total. The normalized spacial score (nSPS) is 13.2. The Morgan fingerprint density at radius 2 is 1.83 bits per heavy atom. The Morgan fingerprint density at radius 3 is 2.08 bits per heavy atom. The number of hydrogen-bond donors (Lipinski definition) is 1. The van der Waals surface area contributed by atoms with Gasteiger partial charge in [-0.25, -0.2) is 0 Å². The van der Waals surface area contributed by atoms with E-state index in [1.165, 1.54) is 36.4 Å². The maximum absolute atomic E-state index is 11.7. The molecule has 6 heteroatoms. The molecule has 0 bridgehead atoms. The van der Waals surface area contributed by atoms with E-state index in [9.17, 15) is 18.0 Å². The van der Waals surface area contributed by atoms with E-state index in [2.05, 4.69) is 5.32 Å². The summed E-state index contributed by atoms with van der Waals surface area (Å²) in [5.41, 5.74) is -1.12. The van der Waals surface area contributed by atoms with Crippen LogP contribution >= 0.6 is 22.6 Å². The van der Waals surface area contributed by atoms with Gasteiger partial charge in [0.05, 0.1) is 12.1 Å². The Kier molecular flexibility index (Phi) is 3.95. The zero-order valence-electron chi connectivity index (χ0n) is 6.63. The minimum absolute atomic E-state index is 0.343. The standard InChI is InChI=1S/C6H9F3INO/c1-5(2,4(10)12)11-3-6(7,8)9/h11H,3H2,1-2H3. The molecular weight excluding hydrogens is 286 g/mol. The lowest BCUT2D eigenvalue weighted by Crippen LogP contribution is -2.48. The molecule has 72 valence electrons. The topological polar surface area (TPSA) is 29.1 Å². The summed E-state index contributed by atoms with van der Waals surface area (Å²) in [6.45, 7) is 1.68. The molecule has 0 rings (SSSR count). The average molecular weight is 295 g/mol. The van der Waals surface area contributed by atoms with E-state index in [1.807, 2.05) is 0 Å². The van der Waals surface area contributed by atoms with Crippen LogP contribution in [0.3, 0.4) is 0 Å². The van der Waals surface area contributed by atoms with E-state index < -0.39 is 18.3 Å². The lowest BCUT2D eigenvalue weighted by atomic mass is 10.1. The highest BCUT2D eigenvalue weighted by Crippen LogP contribution is 2.16. The Bertz CT molecular complexity index is 178. The van der Waals surface area contributed by atoms with Gasteiger partial charge in [-0.15, -0.1) is 0 Å².